The van der Waals surface area contributed by atoms with E-state index in [1.54, 1.807) is 6.07 Å². The molecule has 0 atom stereocenters. The van der Waals surface area contributed by atoms with Crippen molar-refractivity contribution < 1.29 is 19.5 Å². The fourth-order valence-corrected chi connectivity index (χ4v) is 3.71. The van der Waals surface area contributed by atoms with Gasteiger partial charge in [-0.3, -0.25) is 14.9 Å². The molecule has 1 amide bonds. The first-order valence-electron chi connectivity index (χ1n) is 9.58. The molecule has 1 fully saturated rings. The van der Waals surface area contributed by atoms with Gasteiger partial charge in [0.1, 0.15) is 37.7 Å². The number of piperazine rings is 1. The Labute approximate surface area is 184 Å². The van der Waals surface area contributed by atoms with Crippen LogP contribution in [0, 0.1) is 10.1 Å². The maximum Gasteiger partial charge on any atom is 0.295 e. The molecule has 3 N–H and O–H groups in total. The van der Waals surface area contributed by atoms with E-state index in [0.717, 1.165) is 37.7 Å². The van der Waals surface area contributed by atoms with Crippen molar-refractivity contribution in [2.45, 2.75) is 6.54 Å². The lowest BCUT2D eigenvalue weighted by Crippen LogP contribution is -3.28. The molecule has 0 saturated carbocycles. The zero-order valence-corrected chi connectivity index (χ0v) is 17.7. The lowest BCUT2D eigenvalue weighted by atomic mass is 10.2. The van der Waals surface area contributed by atoms with E-state index in [4.69, 9.17) is 23.2 Å². The summed E-state index contributed by atoms with van der Waals surface area (Å²) in [5, 5.41) is 15.6. The molecule has 1 heterocycles. The summed E-state index contributed by atoms with van der Waals surface area (Å²) in [7, 11) is 0. The van der Waals surface area contributed by atoms with Crippen LogP contribution in [0.1, 0.15) is 11.1 Å². The van der Waals surface area contributed by atoms with Gasteiger partial charge in [-0.15, -0.1) is 0 Å². The maximum absolute atomic E-state index is 12.1. The minimum absolute atomic E-state index is 0.0575. The van der Waals surface area contributed by atoms with Gasteiger partial charge in [0.15, 0.2) is 6.54 Å². The molecule has 158 valence electrons. The summed E-state index contributed by atoms with van der Waals surface area (Å²) in [6.07, 6.45) is 1.37. The number of halogens is 2. The zero-order chi connectivity index (χ0) is 21.5. The molecule has 30 heavy (non-hydrogen) atoms. The van der Waals surface area contributed by atoms with Crippen LogP contribution in [-0.2, 0) is 11.3 Å². The molecule has 2 aromatic rings. The molecule has 2 aromatic carbocycles. The van der Waals surface area contributed by atoms with Gasteiger partial charge in [0.05, 0.1) is 11.1 Å². The number of nitro groups is 1. The molecule has 1 aliphatic heterocycles. The summed E-state index contributed by atoms with van der Waals surface area (Å²) in [4.78, 5) is 25.2. The van der Waals surface area contributed by atoms with E-state index in [0.29, 0.717) is 12.1 Å². The minimum atomic E-state index is -0.559. The van der Waals surface area contributed by atoms with Crippen LogP contribution < -0.4 is 15.2 Å². The van der Waals surface area contributed by atoms with Gasteiger partial charge in [0.25, 0.3) is 11.6 Å². The number of amides is 1. The number of nitrogens with one attached hydrogen (secondary N) is 3. The summed E-state index contributed by atoms with van der Waals surface area (Å²) >= 11 is 11.7. The second-order valence-electron chi connectivity index (χ2n) is 7.24. The number of hydrogen-bond donors (Lipinski definition) is 3. The Balaban J connectivity index is 1.41. The monoisotopic (exact) mass is 451 g/mol. The maximum atomic E-state index is 12.1. The van der Waals surface area contributed by atoms with Crippen molar-refractivity contribution in [2.24, 2.45) is 5.10 Å². The Kier molecular flexibility index (Phi) is 7.75. The van der Waals surface area contributed by atoms with Crippen molar-refractivity contribution in [3.63, 3.8) is 0 Å². The second-order valence-corrected chi connectivity index (χ2v) is 8.08. The number of hydrogen-bond acceptors (Lipinski definition) is 4. The lowest BCUT2D eigenvalue weighted by molar-refractivity contribution is -1.02. The molecular weight excluding hydrogens is 429 g/mol. The van der Waals surface area contributed by atoms with Crippen LogP contribution in [0.5, 0.6) is 0 Å². The normalized spacial score (nSPS) is 19.0. The molecule has 8 nitrogen and oxygen atoms in total. The van der Waals surface area contributed by atoms with Crippen LogP contribution in [0.2, 0.25) is 10.0 Å². The fourth-order valence-electron chi connectivity index (χ4n) is 3.40. The van der Waals surface area contributed by atoms with E-state index in [-0.39, 0.29) is 16.6 Å². The Morgan fingerprint density at radius 3 is 2.43 bits per heavy atom. The van der Waals surface area contributed by atoms with E-state index in [1.807, 2.05) is 12.1 Å². The molecule has 1 aliphatic rings. The van der Waals surface area contributed by atoms with E-state index in [1.165, 1.54) is 33.7 Å². The van der Waals surface area contributed by atoms with Gasteiger partial charge in [-0.05, 0) is 18.2 Å². The summed E-state index contributed by atoms with van der Waals surface area (Å²) in [5.74, 6) is -0.189. The Morgan fingerprint density at radius 1 is 1.10 bits per heavy atom. The topological polar surface area (TPSA) is 93.5 Å². The van der Waals surface area contributed by atoms with Crippen molar-refractivity contribution in [3.8, 4) is 0 Å². The molecule has 0 unspecified atom stereocenters. The number of carbonyl (C=O) groups is 1. The average molecular weight is 452 g/mol. The van der Waals surface area contributed by atoms with Gasteiger partial charge in [0, 0.05) is 22.2 Å². The van der Waals surface area contributed by atoms with Crippen LogP contribution in [0.15, 0.2) is 47.6 Å². The van der Waals surface area contributed by atoms with Crippen LogP contribution in [-0.4, -0.2) is 49.8 Å². The van der Waals surface area contributed by atoms with Crippen molar-refractivity contribution in [1.29, 1.82) is 0 Å². The second kappa shape index (κ2) is 10.5. The van der Waals surface area contributed by atoms with E-state index in [9.17, 15) is 14.9 Å². The number of carbonyl (C=O) groups excluding carboxylic acids is 1. The van der Waals surface area contributed by atoms with Gasteiger partial charge in [-0.1, -0.05) is 41.4 Å². The number of nitro benzene ring substituents is 1. The average Bonchev–Trinajstić information content (AvgIpc) is 2.72. The first-order valence-corrected chi connectivity index (χ1v) is 10.3. The summed E-state index contributed by atoms with van der Waals surface area (Å²) in [5.41, 5.74) is 4.03. The first-order chi connectivity index (χ1) is 14.4. The highest BCUT2D eigenvalue weighted by molar-refractivity contribution is 6.32. The number of rotatable bonds is 7. The van der Waals surface area contributed by atoms with E-state index in [2.05, 4.69) is 22.7 Å². The third-order valence-electron chi connectivity index (χ3n) is 5.01. The highest BCUT2D eigenvalue weighted by Crippen LogP contribution is 2.24. The van der Waals surface area contributed by atoms with Gasteiger partial charge >= 0.3 is 0 Å². The number of nitrogens with zero attached hydrogens (tertiary/aromatic N) is 2. The molecule has 0 aliphatic carbocycles. The summed E-state index contributed by atoms with van der Waals surface area (Å²) in [6.45, 7) is 5.08. The summed E-state index contributed by atoms with van der Waals surface area (Å²) in [6, 6.07) is 12.3. The SMILES string of the molecule is O=C(C[NH+]1CC[NH+](Cc2ccc(Cl)cc2)CC1)N/N=C\c1ccc(Cl)c([N+](=O)[O-])c1. The van der Waals surface area contributed by atoms with Crippen LogP contribution >= 0.6 is 23.2 Å². The Bertz CT molecular complexity index is 929. The Hall–Kier alpha value is -2.52. The molecule has 1 saturated heterocycles. The smallest absolute Gasteiger partial charge is 0.295 e. The van der Waals surface area contributed by atoms with Gasteiger partial charge < -0.3 is 9.80 Å². The molecule has 0 radical (unpaired) electrons. The number of hydrazone groups is 1. The number of quaternary nitrogens is 2. The number of benzene rings is 2. The molecule has 0 spiro atoms. The van der Waals surface area contributed by atoms with Crippen LogP contribution in [0.3, 0.4) is 0 Å². The van der Waals surface area contributed by atoms with Crippen molar-refractivity contribution in [3.05, 3.63) is 73.8 Å². The highest BCUT2D eigenvalue weighted by atomic mass is 35.5. The van der Waals surface area contributed by atoms with Crippen molar-refractivity contribution >= 4 is 41.0 Å². The van der Waals surface area contributed by atoms with Gasteiger partial charge in [-0.25, -0.2) is 5.43 Å². The van der Waals surface area contributed by atoms with E-state index < -0.39 is 4.92 Å². The van der Waals surface area contributed by atoms with Crippen LogP contribution in [0.4, 0.5) is 5.69 Å². The molecule has 3 rings (SSSR count). The highest BCUT2D eigenvalue weighted by Gasteiger charge is 2.24. The fraction of sp³-hybridized carbons (Fsp3) is 0.300. The van der Waals surface area contributed by atoms with Crippen molar-refractivity contribution in [1.82, 2.24) is 5.43 Å². The predicted molar refractivity (Wildman–Crippen MR) is 115 cm³/mol. The first kappa shape index (κ1) is 22.2. The molecular formula is C20H23Cl2N5O3+2. The molecule has 10 heteroatoms. The largest absolute Gasteiger partial charge is 0.322 e. The Morgan fingerprint density at radius 2 is 1.77 bits per heavy atom. The third-order valence-corrected chi connectivity index (χ3v) is 5.58. The standard InChI is InChI=1S/C20H21Cl2N5O3/c21-17-4-1-15(2-5-17)13-25-7-9-26(10-8-25)14-20(28)24-23-12-16-3-6-18(22)19(11-16)27(29)30/h1-6,11-12H,7-10,13-14H2,(H,24,28)/p+2/b23-12-. The summed E-state index contributed by atoms with van der Waals surface area (Å²) < 4.78 is 0. The predicted octanol–water partition coefficient (Wildman–Crippen LogP) is 0.335. The minimum Gasteiger partial charge on any atom is -0.322 e. The van der Waals surface area contributed by atoms with Gasteiger partial charge in [-0.2, -0.15) is 5.10 Å². The molecule has 0 aromatic heterocycles. The van der Waals surface area contributed by atoms with Crippen LogP contribution in [0.25, 0.3) is 0 Å². The van der Waals surface area contributed by atoms with Gasteiger partial charge in [0.2, 0.25) is 0 Å². The molecule has 0 bridgehead atoms. The lowest BCUT2D eigenvalue weighted by Gasteiger charge is -2.29. The zero-order valence-electron chi connectivity index (χ0n) is 16.2. The third kappa shape index (κ3) is 6.50. The quantitative estimate of drug-likeness (QED) is 0.321. The van der Waals surface area contributed by atoms with Crippen molar-refractivity contribution in [2.75, 3.05) is 32.7 Å². The van der Waals surface area contributed by atoms with E-state index >= 15 is 0 Å².